The first-order valence-electron chi connectivity index (χ1n) is 8.36. The molecule has 0 fully saturated rings. The Hall–Kier alpha value is -2.99. The molecule has 7 heteroatoms. The van der Waals surface area contributed by atoms with Gasteiger partial charge in [0.05, 0.1) is 10.6 Å². The number of fused-ring (bicyclic) bond motifs is 9. The van der Waals surface area contributed by atoms with Gasteiger partial charge in [-0.3, -0.25) is 4.79 Å². The number of benzene rings is 2. The zero-order chi connectivity index (χ0) is 19.2. The van der Waals surface area contributed by atoms with E-state index in [0.29, 0.717) is 28.7 Å². The lowest BCUT2D eigenvalue weighted by Gasteiger charge is -2.17. The van der Waals surface area contributed by atoms with Crippen LogP contribution < -0.4 is 14.8 Å². The highest BCUT2D eigenvalue weighted by Gasteiger charge is 2.23. The van der Waals surface area contributed by atoms with Crippen LogP contribution in [0.5, 0.6) is 11.5 Å². The molecule has 27 heavy (non-hydrogen) atoms. The Kier molecular flexibility index (Phi) is 5.98. The number of aliphatic carboxylic acids is 1. The van der Waals surface area contributed by atoms with E-state index in [1.807, 2.05) is 0 Å². The number of halogens is 1. The Morgan fingerprint density at radius 2 is 1.78 bits per heavy atom. The molecule has 0 saturated heterocycles. The maximum Gasteiger partial charge on any atom is 0.326 e. The van der Waals surface area contributed by atoms with Crippen LogP contribution in [0, 0.1) is 0 Å². The number of nitrogens with one attached hydrogen (secondary N) is 1. The molecule has 2 N–H and O–H groups in total. The quantitative estimate of drug-likeness (QED) is 0.734. The molecule has 0 spiro atoms. The van der Waals surface area contributed by atoms with Gasteiger partial charge in [0.15, 0.2) is 0 Å². The van der Waals surface area contributed by atoms with Crippen LogP contribution in [0.1, 0.15) is 15.9 Å². The van der Waals surface area contributed by atoms with Crippen LogP contribution in [0.2, 0.25) is 5.02 Å². The SMILES string of the molecule is O=C1N[C@H](C(=O)O)Cc2ccc(c(Cl)c2)OC/C=C/COc2ccccc21. The van der Waals surface area contributed by atoms with E-state index in [1.54, 1.807) is 54.6 Å². The number of carbonyl (C=O) groups is 2. The second-order valence-corrected chi connectivity index (χ2v) is 6.33. The lowest BCUT2D eigenvalue weighted by Crippen LogP contribution is -2.42. The van der Waals surface area contributed by atoms with Crippen molar-refractivity contribution in [1.29, 1.82) is 0 Å². The monoisotopic (exact) mass is 387 g/mol. The van der Waals surface area contributed by atoms with E-state index in [2.05, 4.69) is 5.32 Å². The zero-order valence-electron chi connectivity index (χ0n) is 14.4. The molecule has 2 heterocycles. The summed E-state index contributed by atoms with van der Waals surface area (Å²) in [5.74, 6) is -0.773. The van der Waals surface area contributed by atoms with Gasteiger partial charge in [0, 0.05) is 6.42 Å². The predicted octanol–water partition coefficient (Wildman–Crippen LogP) is 3.09. The average molecular weight is 388 g/mol. The number of ether oxygens (including phenoxy) is 2. The average Bonchev–Trinajstić information content (AvgIpc) is 2.64. The van der Waals surface area contributed by atoms with Crippen LogP contribution in [-0.4, -0.2) is 36.2 Å². The summed E-state index contributed by atoms with van der Waals surface area (Å²) in [4.78, 5) is 24.2. The largest absolute Gasteiger partial charge is 0.489 e. The first-order valence-corrected chi connectivity index (χ1v) is 8.74. The van der Waals surface area contributed by atoms with Crippen LogP contribution in [0.15, 0.2) is 54.6 Å². The zero-order valence-corrected chi connectivity index (χ0v) is 15.1. The summed E-state index contributed by atoms with van der Waals surface area (Å²) in [6.45, 7) is 0.547. The number of hydrogen-bond acceptors (Lipinski definition) is 4. The third kappa shape index (κ3) is 4.80. The lowest BCUT2D eigenvalue weighted by atomic mass is 10.0. The van der Waals surface area contributed by atoms with Crippen LogP contribution in [0.3, 0.4) is 0 Å². The van der Waals surface area contributed by atoms with E-state index in [4.69, 9.17) is 21.1 Å². The standard InChI is InChI=1S/C20H18ClNO5/c21-15-11-13-7-8-18(15)27-10-4-3-9-26-17-6-2-1-5-14(17)19(23)22-16(12-13)20(24)25/h1-8,11,16H,9-10,12H2,(H,22,23)(H,24,25)/b4-3+/t16-/m0/s1. The molecule has 0 aliphatic carbocycles. The van der Waals surface area contributed by atoms with E-state index in [1.165, 1.54) is 0 Å². The molecule has 6 nitrogen and oxygen atoms in total. The smallest absolute Gasteiger partial charge is 0.326 e. The van der Waals surface area contributed by atoms with E-state index in [0.717, 1.165) is 0 Å². The van der Waals surface area contributed by atoms with Gasteiger partial charge in [-0.05, 0) is 42.0 Å². The van der Waals surface area contributed by atoms with Crippen LogP contribution in [0.25, 0.3) is 0 Å². The number of carboxylic acids is 1. The maximum absolute atomic E-state index is 12.6. The number of carbonyl (C=O) groups excluding carboxylic acids is 1. The van der Waals surface area contributed by atoms with Gasteiger partial charge in [0.2, 0.25) is 0 Å². The summed E-state index contributed by atoms with van der Waals surface area (Å²) in [6, 6.07) is 10.6. The van der Waals surface area contributed by atoms with E-state index >= 15 is 0 Å². The highest BCUT2D eigenvalue weighted by molar-refractivity contribution is 6.32. The Morgan fingerprint density at radius 3 is 2.48 bits per heavy atom. The molecule has 140 valence electrons. The molecular weight excluding hydrogens is 370 g/mol. The second kappa shape index (κ2) is 8.60. The summed E-state index contributed by atoms with van der Waals surface area (Å²) in [6.07, 6.45) is 3.64. The van der Waals surface area contributed by atoms with Crippen molar-refractivity contribution in [2.24, 2.45) is 0 Å². The normalized spacial score (nSPS) is 18.6. The summed E-state index contributed by atoms with van der Waals surface area (Å²) in [7, 11) is 0. The third-order valence-electron chi connectivity index (χ3n) is 4.01. The third-order valence-corrected chi connectivity index (χ3v) is 4.30. The molecule has 1 atom stereocenters. The van der Waals surface area contributed by atoms with Gasteiger partial charge < -0.3 is 19.9 Å². The van der Waals surface area contributed by atoms with Crippen molar-refractivity contribution in [3.05, 3.63) is 70.8 Å². The van der Waals surface area contributed by atoms with E-state index in [-0.39, 0.29) is 18.6 Å². The number of hydrogen-bond donors (Lipinski definition) is 2. The van der Waals surface area contributed by atoms with Crippen molar-refractivity contribution >= 4 is 23.5 Å². The highest BCUT2D eigenvalue weighted by Crippen LogP contribution is 2.26. The maximum atomic E-state index is 12.6. The minimum atomic E-state index is -1.14. The van der Waals surface area contributed by atoms with Gasteiger partial charge in [-0.15, -0.1) is 0 Å². The van der Waals surface area contributed by atoms with E-state index < -0.39 is 17.9 Å². The molecule has 2 aromatic rings. The van der Waals surface area contributed by atoms with E-state index in [9.17, 15) is 14.7 Å². The van der Waals surface area contributed by atoms with Gasteiger partial charge in [-0.25, -0.2) is 4.79 Å². The van der Waals surface area contributed by atoms with Gasteiger partial charge >= 0.3 is 5.97 Å². The molecule has 0 radical (unpaired) electrons. The van der Waals surface area contributed by atoms with Gasteiger partial charge in [-0.2, -0.15) is 0 Å². The summed E-state index contributed by atoms with van der Waals surface area (Å²) < 4.78 is 11.2. The number of para-hydroxylation sites is 1. The summed E-state index contributed by atoms with van der Waals surface area (Å²) in [5, 5.41) is 12.4. The minimum absolute atomic E-state index is 0.0873. The molecule has 2 bridgehead atoms. The van der Waals surface area contributed by atoms with Crippen molar-refractivity contribution in [2.75, 3.05) is 13.2 Å². The fraction of sp³-hybridized carbons (Fsp3) is 0.200. The van der Waals surface area contributed by atoms with Crippen molar-refractivity contribution < 1.29 is 24.2 Å². The Morgan fingerprint density at radius 1 is 1.07 bits per heavy atom. The Labute approximate surface area is 161 Å². The molecule has 0 saturated carbocycles. The van der Waals surface area contributed by atoms with Crippen molar-refractivity contribution in [3.8, 4) is 11.5 Å². The predicted molar refractivity (Wildman–Crippen MR) is 101 cm³/mol. The summed E-state index contributed by atoms with van der Waals surface area (Å²) in [5.41, 5.74) is 0.945. The molecule has 0 unspecified atom stereocenters. The molecule has 4 rings (SSSR count). The molecular formula is C20H18ClNO5. The van der Waals surface area contributed by atoms with Crippen LogP contribution in [-0.2, 0) is 11.2 Å². The van der Waals surface area contributed by atoms with Gasteiger partial charge in [0.25, 0.3) is 5.91 Å². The summed E-state index contributed by atoms with van der Waals surface area (Å²) >= 11 is 6.21. The Balaban J connectivity index is 1.94. The second-order valence-electron chi connectivity index (χ2n) is 5.92. The van der Waals surface area contributed by atoms with Crippen LogP contribution in [0.4, 0.5) is 0 Å². The Bertz CT molecular complexity index is 880. The molecule has 2 aliphatic rings. The van der Waals surface area contributed by atoms with Crippen molar-refractivity contribution in [3.63, 3.8) is 0 Å². The van der Waals surface area contributed by atoms with Gasteiger partial charge in [-0.1, -0.05) is 29.8 Å². The number of rotatable bonds is 1. The van der Waals surface area contributed by atoms with Crippen LogP contribution >= 0.6 is 11.6 Å². The molecule has 1 amide bonds. The van der Waals surface area contributed by atoms with Gasteiger partial charge in [0.1, 0.15) is 30.8 Å². The molecule has 2 aliphatic heterocycles. The fourth-order valence-electron chi connectivity index (χ4n) is 2.65. The van der Waals surface area contributed by atoms with Crippen molar-refractivity contribution in [2.45, 2.75) is 12.5 Å². The topological polar surface area (TPSA) is 84.9 Å². The van der Waals surface area contributed by atoms with Crippen molar-refractivity contribution in [1.82, 2.24) is 5.32 Å². The molecule has 2 aromatic carbocycles. The highest BCUT2D eigenvalue weighted by atomic mass is 35.5. The molecule has 0 aromatic heterocycles. The first-order chi connectivity index (χ1) is 13.0. The number of amides is 1. The minimum Gasteiger partial charge on any atom is -0.489 e. The lowest BCUT2D eigenvalue weighted by molar-refractivity contribution is -0.139. The fourth-order valence-corrected chi connectivity index (χ4v) is 2.91. The first kappa shape index (κ1) is 18.8. The number of carboxylic acid groups (broad SMARTS) is 1.